The lowest BCUT2D eigenvalue weighted by Crippen LogP contribution is -2.27. The van der Waals surface area contributed by atoms with Crippen LogP contribution in [-0.2, 0) is 16.0 Å². The van der Waals surface area contributed by atoms with Crippen molar-refractivity contribution in [1.82, 2.24) is 14.7 Å². The molecule has 0 atom stereocenters. The summed E-state index contributed by atoms with van der Waals surface area (Å²) in [6.45, 7) is 3.94. The molecule has 0 fully saturated rings. The number of rotatable bonds is 7. The molecule has 1 amide bonds. The Morgan fingerprint density at radius 2 is 2.00 bits per heavy atom. The average molecular weight is 383 g/mol. The number of hydrogen-bond acceptors (Lipinski definition) is 3. The van der Waals surface area contributed by atoms with Crippen molar-refractivity contribution in [3.8, 4) is 11.3 Å². The molecule has 0 saturated heterocycles. The fourth-order valence-corrected chi connectivity index (χ4v) is 3.07. The van der Waals surface area contributed by atoms with E-state index in [9.17, 15) is 14.0 Å². The Hall–Kier alpha value is -3.22. The first kappa shape index (κ1) is 19.5. The lowest BCUT2D eigenvalue weighted by atomic mass is 10.1. The van der Waals surface area contributed by atoms with Gasteiger partial charge in [-0.3, -0.25) is 9.59 Å². The maximum absolute atomic E-state index is 13.7. The number of imidazole rings is 1. The Morgan fingerprint density at radius 1 is 1.21 bits per heavy atom. The van der Waals surface area contributed by atoms with E-state index in [1.165, 1.54) is 6.07 Å². The zero-order valence-corrected chi connectivity index (χ0v) is 15.8. The number of aromatic nitrogens is 2. The zero-order chi connectivity index (χ0) is 20.3. The Labute approximate surface area is 162 Å². The van der Waals surface area contributed by atoms with E-state index in [0.29, 0.717) is 35.6 Å². The van der Waals surface area contributed by atoms with Crippen LogP contribution in [0.5, 0.6) is 0 Å². The predicted octanol–water partition coefficient (Wildman–Crippen LogP) is 3.28. The molecule has 2 N–H and O–H groups in total. The lowest BCUT2D eigenvalue weighted by molar-refractivity contribution is -0.137. The van der Waals surface area contributed by atoms with E-state index in [2.05, 4.69) is 10.3 Å². The molecule has 0 unspecified atom stereocenters. The van der Waals surface area contributed by atoms with E-state index < -0.39 is 5.97 Å². The molecule has 146 valence electrons. The van der Waals surface area contributed by atoms with Gasteiger partial charge in [0.25, 0.3) is 0 Å². The molecule has 28 heavy (non-hydrogen) atoms. The fraction of sp³-hybridized carbons (Fsp3) is 0.286. The third-order valence-corrected chi connectivity index (χ3v) is 4.51. The van der Waals surface area contributed by atoms with E-state index in [1.54, 1.807) is 19.1 Å². The lowest BCUT2D eigenvalue weighted by Gasteiger charge is -2.08. The summed E-state index contributed by atoms with van der Waals surface area (Å²) in [7, 11) is 0. The second-order valence-corrected chi connectivity index (χ2v) is 6.83. The zero-order valence-electron chi connectivity index (χ0n) is 15.8. The molecule has 3 aromatic rings. The molecule has 0 aliphatic rings. The fourth-order valence-electron chi connectivity index (χ4n) is 3.07. The van der Waals surface area contributed by atoms with E-state index >= 15 is 0 Å². The van der Waals surface area contributed by atoms with Gasteiger partial charge in [-0.05, 0) is 55.7 Å². The van der Waals surface area contributed by atoms with Gasteiger partial charge < -0.3 is 14.8 Å². The van der Waals surface area contributed by atoms with Crippen molar-refractivity contribution in [2.75, 3.05) is 6.54 Å². The van der Waals surface area contributed by atoms with Crippen LogP contribution < -0.4 is 5.32 Å². The van der Waals surface area contributed by atoms with Crippen LogP contribution >= 0.6 is 0 Å². The number of carbonyl (C=O) groups excluding carboxylic acids is 1. The molecule has 7 heteroatoms. The molecule has 0 bridgehead atoms. The quantitative estimate of drug-likeness (QED) is 0.614. The highest BCUT2D eigenvalue weighted by Gasteiger charge is 2.18. The van der Waals surface area contributed by atoms with Crippen molar-refractivity contribution >= 4 is 17.5 Å². The number of benzene rings is 1. The molecule has 0 aliphatic carbocycles. The van der Waals surface area contributed by atoms with Crippen LogP contribution in [0.25, 0.3) is 16.9 Å². The van der Waals surface area contributed by atoms with Gasteiger partial charge in [0, 0.05) is 24.7 Å². The molecule has 0 saturated carbocycles. The van der Waals surface area contributed by atoms with Gasteiger partial charge in [0.1, 0.15) is 11.5 Å². The summed E-state index contributed by atoms with van der Waals surface area (Å²) in [6.07, 6.45) is 2.38. The van der Waals surface area contributed by atoms with Crippen molar-refractivity contribution in [1.29, 1.82) is 0 Å². The molecule has 6 nitrogen and oxygen atoms in total. The van der Waals surface area contributed by atoms with Gasteiger partial charge in [-0.25, -0.2) is 9.37 Å². The number of aliphatic carboxylic acids is 1. The minimum absolute atomic E-state index is 0.00912. The molecule has 0 aliphatic heterocycles. The van der Waals surface area contributed by atoms with Gasteiger partial charge in [-0.1, -0.05) is 6.07 Å². The number of hydrogen-bond donors (Lipinski definition) is 2. The molecule has 2 heterocycles. The summed E-state index contributed by atoms with van der Waals surface area (Å²) >= 11 is 0. The minimum Gasteiger partial charge on any atom is -0.481 e. The topological polar surface area (TPSA) is 83.7 Å². The van der Waals surface area contributed by atoms with E-state index in [1.807, 2.05) is 29.7 Å². The van der Waals surface area contributed by atoms with Crippen molar-refractivity contribution in [2.24, 2.45) is 0 Å². The monoisotopic (exact) mass is 383 g/mol. The average Bonchev–Trinajstić information content (AvgIpc) is 2.98. The first-order chi connectivity index (χ1) is 13.3. The maximum atomic E-state index is 13.7. The second kappa shape index (κ2) is 8.21. The number of pyridine rings is 1. The largest absolute Gasteiger partial charge is 0.481 e. The van der Waals surface area contributed by atoms with Crippen LogP contribution in [0, 0.1) is 19.7 Å². The Balaban J connectivity index is 1.92. The number of fused-ring (bicyclic) bond motifs is 1. The number of nitrogens with one attached hydrogen (secondary N) is 1. The summed E-state index contributed by atoms with van der Waals surface area (Å²) in [6, 6.07) is 8.60. The van der Waals surface area contributed by atoms with Gasteiger partial charge in [0.15, 0.2) is 0 Å². The van der Waals surface area contributed by atoms with Crippen molar-refractivity contribution in [2.45, 2.75) is 33.1 Å². The normalized spacial score (nSPS) is 11.0. The highest BCUT2D eigenvalue weighted by atomic mass is 19.1. The van der Waals surface area contributed by atoms with Crippen LogP contribution in [0.15, 0.2) is 36.5 Å². The van der Waals surface area contributed by atoms with E-state index in [0.717, 1.165) is 11.1 Å². The molecule has 0 spiro atoms. The molecule has 3 rings (SSSR count). The number of halogens is 1. The van der Waals surface area contributed by atoms with E-state index in [4.69, 9.17) is 5.11 Å². The Morgan fingerprint density at radius 3 is 2.71 bits per heavy atom. The number of aryl methyl sites for hydroxylation is 2. The van der Waals surface area contributed by atoms with Crippen LogP contribution in [0.4, 0.5) is 4.39 Å². The first-order valence-electron chi connectivity index (χ1n) is 9.08. The molecule has 1 aromatic carbocycles. The highest BCUT2D eigenvalue weighted by molar-refractivity contribution is 5.81. The number of carboxylic acids is 1. The summed E-state index contributed by atoms with van der Waals surface area (Å²) in [5.41, 5.74) is 4.32. The van der Waals surface area contributed by atoms with Crippen LogP contribution in [-0.4, -0.2) is 32.9 Å². The first-order valence-corrected chi connectivity index (χ1v) is 9.08. The third kappa shape index (κ3) is 4.36. The van der Waals surface area contributed by atoms with Gasteiger partial charge in [0.2, 0.25) is 5.91 Å². The van der Waals surface area contributed by atoms with Crippen LogP contribution in [0.3, 0.4) is 0 Å². The minimum atomic E-state index is -0.888. The molecular weight excluding hydrogens is 361 g/mol. The second-order valence-electron chi connectivity index (χ2n) is 6.83. The Kier molecular flexibility index (Phi) is 5.73. The van der Waals surface area contributed by atoms with Gasteiger partial charge in [-0.15, -0.1) is 0 Å². The van der Waals surface area contributed by atoms with Crippen molar-refractivity contribution in [3.63, 3.8) is 0 Å². The van der Waals surface area contributed by atoms with Crippen LogP contribution in [0.1, 0.15) is 29.7 Å². The Bertz CT molecular complexity index is 1040. The smallest absolute Gasteiger partial charge is 0.303 e. The van der Waals surface area contributed by atoms with Gasteiger partial charge in [-0.2, -0.15) is 0 Å². The summed E-state index contributed by atoms with van der Waals surface area (Å²) in [5, 5.41) is 11.4. The molecule has 0 radical (unpaired) electrons. The van der Waals surface area contributed by atoms with Crippen molar-refractivity contribution in [3.05, 3.63) is 59.2 Å². The van der Waals surface area contributed by atoms with E-state index in [-0.39, 0.29) is 24.6 Å². The maximum Gasteiger partial charge on any atom is 0.303 e. The summed E-state index contributed by atoms with van der Waals surface area (Å²) in [5.74, 6) is -1.39. The third-order valence-electron chi connectivity index (χ3n) is 4.51. The highest BCUT2D eigenvalue weighted by Crippen LogP contribution is 2.27. The molecule has 2 aromatic heterocycles. The standard InChI is InChI=1S/C21H22FN3O3/c1-13-5-8-18-24-21(15-6-7-16(22)14(2)10-15)17(25(18)12-13)11-19(26)23-9-3-4-20(27)28/h5-8,10,12H,3-4,9,11H2,1-2H3,(H,23,26)(H,27,28). The predicted molar refractivity (Wildman–Crippen MR) is 104 cm³/mol. The SMILES string of the molecule is Cc1ccc2nc(-c3ccc(F)c(C)c3)c(CC(=O)NCCCC(=O)O)n2c1. The summed E-state index contributed by atoms with van der Waals surface area (Å²) in [4.78, 5) is 27.7. The van der Waals surface area contributed by atoms with Gasteiger partial charge in [0.05, 0.1) is 17.8 Å². The van der Waals surface area contributed by atoms with Crippen molar-refractivity contribution < 1.29 is 19.1 Å². The number of carbonyl (C=O) groups is 2. The number of nitrogens with zero attached hydrogens (tertiary/aromatic N) is 2. The van der Waals surface area contributed by atoms with Crippen LogP contribution in [0.2, 0.25) is 0 Å². The number of amides is 1. The summed E-state index contributed by atoms with van der Waals surface area (Å²) < 4.78 is 15.6. The number of carboxylic acid groups (broad SMARTS) is 1. The molecular formula is C21H22FN3O3. The van der Waals surface area contributed by atoms with Gasteiger partial charge >= 0.3 is 5.97 Å².